The third-order valence-electron chi connectivity index (χ3n) is 6.24. The minimum atomic E-state index is -4.68. The van der Waals surface area contributed by atoms with Crippen LogP contribution in [0, 0.1) is 5.82 Å². The number of aromatic nitrogens is 1. The molecule has 1 amide bonds. The second-order valence-corrected chi connectivity index (χ2v) is 11.6. The third-order valence-corrected chi connectivity index (χ3v) is 8.02. The van der Waals surface area contributed by atoms with E-state index in [1.54, 1.807) is 0 Å². The first-order chi connectivity index (χ1) is 19.1. The van der Waals surface area contributed by atoms with Crippen LogP contribution in [0.25, 0.3) is 11.3 Å². The number of alkyl halides is 3. The third kappa shape index (κ3) is 6.54. The van der Waals surface area contributed by atoms with Gasteiger partial charge in [0.25, 0.3) is 15.9 Å². The molecule has 1 unspecified atom stereocenters. The van der Waals surface area contributed by atoms with Crippen molar-refractivity contribution in [3.8, 4) is 22.8 Å². The molecular formula is C27H27F4N3O6S. The van der Waals surface area contributed by atoms with Crippen molar-refractivity contribution < 1.29 is 45.4 Å². The zero-order valence-electron chi connectivity index (χ0n) is 22.2. The van der Waals surface area contributed by atoms with Gasteiger partial charge in [0.15, 0.2) is 11.6 Å². The van der Waals surface area contributed by atoms with Crippen molar-refractivity contribution in [3.63, 3.8) is 0 Å². The van der Waals surface area contributed by atoms with Crippen LogP contribution in [0.2, 0.25) is 0 Å². The number of benzene rings is 2. The highest BCUT2D eigenvalue weighted by molar-refractivity contribution is 7.92. The average Bonchev–Trinajstić information content (AvgIpc) is 2.91. The first kappa shape index (κ1) is 30.1. The Balaban J connectivity index is 1.74. The topological polar surface area (TPSA) is 118 Å². The van der Waals surface area contributed by atoms with Crippen molar-refractivity contribution in [2.45, 2.75) is 43.0 Å². The molecule has 0 bridgehead atoms. The number of nitrogens with zero attached hydrogens (tertiary/aromatic N) is 2. The normalized spacial score (nSPS) is 15.6. The van der Waals surface area contributed by atoms with Crippen LogP contribution < -0.4 is 19.1 Å². The number of rotatable bonds is 8. The number of amides is 1. The van der Waals surface area contributed by atoms with E-state index in [0.29, 0.717) is 0 Å². The molecule has 0 radical (unpaired) electrons. The Labute approximate surface area is 233 Å². The summed E-state index contributed by atoms with van der Waals surface area (Å²) in [6.45, 7) is 2.44. The van der Waals surface area contributed by atoms with Gasteiger partial charge < -0.3 is 19.9 Å². The molecule has 220 valence electrons. The Hall–Kier alpha value is -3.91. The van der Waals surface area contributed by atoms with Gasteiger partial charge in [0.2, 0.25) is 0 Å². The summed E-state index contributed by atoms with van der Waals surface area (Å²) in [6, 6.07) is 10.6. The highest BCUT2D eigenvalue weighted by Gasteiger charge is 2.36. The Kier molecular flexibility index (Phi) is 8.18. The number of aliphatic hydroxyl groups is 1. The molecule has 0 spiro atoms. The first-order valence-corrected chi connectivity index (χ1v) is 13.8. The molecule has 0 aliphatic carbocycles. The number of carbonyl (C=O) groups excluding carboxylic acids is 1. The fourth-order valence-corrected chi connectivity index (χ4v) is 5.61. The number of fused-ring (bicyclic) bond motifs is 1. The molecule has 0 fully saturated rings. The van der Waals surface area contributed by atoms with E-state index in [2.05, 4.69) is 10.3 Å². The predicted molar refractivity (Wildman–Crippen MR) is 140 cm³/mol. The quantitative estimate of drug-likeness (QED) is 0.375. The number of nitrogens with one attached hydrogen (secondary N) is 1. The average molecular weight is 598 g/mol. The van der Waals surface area contributed by atoms with E-state index < -0.39 is 45.3 Å². The first-order valence-electron chi connectivity index (χ1n) is 12.3. The minimum Gasteiger partial charge on any atom is -0.494 e. The van der Waals surface area contributed by atoms with E-state index in [9.17, 15) is 35.9 Å². The monoisotopic (exact) mass is 597 g/mol. The van der Waals surface area contributed by atoms with Crippen LogP contribution in [-0.4, -0.2) is 56.3 Å². The standard InChI is InChI=1S/C27H27F4N3O6S/c1-26(2,36)25(35)32-12-11-17-15-34(41(37,38)18-8-9-19(28)23(14-18)39-3)21-13-16(7-10-22(21)40-17)20-5-4-6-24(33-20)27(29,30)31/h4-10,13-14,17,36H,11-12,15H2,1-3H3,(H,32,35). The SMILES string of the molecule is COc1cc(S(=O)(=O)N2CC(CCNC(=O)C(C)(C)O)Oc3ccc(-c4cccc(C(F)(F)F)n4)cc32)ccc1F. The van der Waals surface area contributed by atoms with Crippen molar-refractivity contribution in [3.05, 3.63) is 66.1 Å². The van der Waals surface area contributed by atoms with Gasteiger partial charge in [-0.1, -0.05) is 6.07 Å². The lowest BCUT2D eigenvalue weighted by Crippen LogP contribution is -2.46. The minimum absolute atomic E-state index is 0.0294. The van der Waals surface area contributed by atoms with E-state index >= 15 is 0 Å². The maximum absolute atomic E-state index is 14.1. The van der Waals surface area contributed by atoms with Crippen molar-refractivity contribution >= 4 is 21.6 Å². The van der Waals surface area contributed by atoms with Crippen LogP contribution in [0.3, 0.4) is 0 Å². The van der Waals surface area contributed by atoms with Crippen LogP contribution >= 0.6 is 0 Å². The zero-order chi connectivity index (χ0) is 30.2. The molecule has 9 nitrogen and oxygen atoms in total. The van der Waals surface area contributed by atoms with Gasteiger partial charge in [-0.05, 0) is 56.3 Å². The zero-order valence-corrected chi connectivity index (χ0v) is 23.0. The summed E-state index contributed by atoms with van der Waals surface area (Å²) in [4.78, 5) is 15.4. The number of carbonyl (C=O) groups is 1. The Morgan fingerprint density at radius 3 is 2.56 bits per heavy atom. The van der Waals surface area contributed by atoms with Gasteiger partial charge in [-0.2, -0.15) is 13.2 Å². The molecule has 2 aromatic carbocycles. The molecular weight excluding hydrogens is 570 g/mol. The number of sulfonamides is 1. The summed E-state index contributed by atoms with van der Waals surface area (Å²) in [5.41, 5.74) is -2.54. The molecule has 2 heterocycles. The predicted octanol–water partition coefficient (Wildman–Crippen LogP) is 4.15. The second-order valence-electron chi connectivity index (χ2n) is 9.76. The van der Waals surface area contributed by atoms with Crippen LogP contribution in [0.15, 0.2) is 59.5 Å². The number of ether oxygens (including phenoxy) is 2. The summed E-state index contributed by atoms with van der Waals surface area (Å²) in [5.74, 6) is -1.59. The smallest absolute Gasteiger partial charge is 0.433 e. The van der Waals surface area contributed by atoms with Gasteiger partial charge in [0.1, 0.15) is 23.1 Å². The molecule has 1 aliphatic rings. The van der Waals surface area contributed by atoms with Crippen LogP contribution in [0.5, 0.6) is 11.5 Å². The number of anilines is 1. The van der Waals surface area contributed by atoms with Crippen molar-refractivity contribution in [1.82, 2.24) is 10.3 Å². The largest absolute Gasteiger partial charge is 0.494 e. The Bertz CT molecular complexity index is 1560. The van der Waals surface area contributed by atoms with Crippen LogP contribution in [0.4, 0.5) is 23.2 Å². The molecule has 41 heavy (non-hydrogen) atoms. The summed E-state index contributed by atoms with van der Waals surface area (Å²) >= 11 is 0. The lowest BCUT2D eigenvalue weighted by atomic mass is 10.1. The highest BCUT2D eigenvalue weighted by atomic mass is 32.2. The van der Waals surface area contributed by atoms with Crippen LogP contribution in [0.1, 0.15) is 26.0 Å². The molecule has 0 saturated carbocycles. The molecule has 1 aromatic heterocycles. The number of methoxy groups -OCH3 is 1. The maximum atomic E-state index is 14.1. The van der Waals surface area contributed by atoms with E-state index in [4.69, 9.17) is 9.47 Å². The highest BCUT2D eigenvalue weighted by Crippen LogP contribution is 2.41. The lowest BCUT2D eigenvalue weighted by molar-refractivity contribution is -0.141. The fourth-order valence-electron chi connectivity index (χ4n) is 4.09. The van der Waals surface area contributed by atoms with Gasteiger partial charge in [-0.15, -0.1) is 0 Å². The molecule has 0 saturated heterocycles. The van der Waals surface area contributed by atoms with Gasteiger partial charge in [-0.25, -0.2) is 17.8 Å². The Morgan fingerprint density at radius 2 is 1.90 bits per heavy atom. The summed E-state index contributed by atoms with van der Waals surface area (Å²) in [6.07, 6.45) is -5.30. The molecule has 14 heteroatoms. The summed E-state index contributed by atoms with van der Waals surface area (Å²) in [5, 5.41) is 12.4. The molecule has 2 N–H and O–H groups in total. The van der Waals surface area contributed by atoms with E-state index in [0.717, 1.165) is 28.6 Å². The lowest BCUT2D eigenvalue weighted by Gasteiger charge is -2.36. The summed E-state index contributed by atoms with van der Waals surface area (Å²) < 4.78 is 93.5. The van der Waals surface area contributed by atoms with Gasteiger partial charge in [0, 0.05) is 24.6 Å². The number of hydrogen-bond acceptors (Lipinski definition) is 7. The van der Waals surface area contributed by atoms with E-state index in [1.165, 1.54) is 51.3 Å². The van der Waals surface area contributed by atoms with E-state index in [-0.39, 0.29) is 52.8 Å². The fraction of sp³-hybridized carbons (Fsp3) is 0.333. The Morgan fingerprint density at radius 1 is 1.17 bits per heavy atom. The molecule has 1 aliphatic heterocycles. The van der Waals surface area contributed by atoms with Crippen molar-refractivity contribution in [2.75, 3.05) is 24.5 Å². The molecule has 3 aromatic rings. The van der Waals surface area contributed by atoms with Gasteiger partial charge in [0.05, 0.1) is 29.9 Å². The number of pyridine rings is 1. The summed E-state index contributed by atoms with van der Waals surface area (Å²) in [7, 11) is -3.19. The maximum Gasteiger partial charge on any atom is 0.433 e. The van der Waals surface area contributed by atoms with Crippen molar-refractivity contribution in [2.24, 2.45) is 0 Å². The van der Waals surface area contributed by atoms with E-state index in [1.807, 2.05) is 0 Å². The number of halogens is 4. The van der Waals surface area contributed by atoms with Gasteiger partial charge in [-0.3, -0.25) is 9.10 Å². The number of hydrogen-bond donors (Lipinski definition) is 2. The molecule has 4 rings (SSSR count). The molecule has 1 atom stereocenters. The second kappa shape index (κ2) is 11.2. The van der Waals surface area contributed by atoms with Crippen molar-refractivity contribution in [1.29, 1.82) is 0 Å². The van der Waals surface area contributed by atoms with Crippen LogP contribution in [-0.2, 0) is 21.0 Å². The van der Waals surface area contributed by atoms with Gasteiger partial charge >= 0.3 is 6.18 Å².